The van der Waals surface area contributed by atoms with Crippen LogP contribution in [0.25, 0.3) is 0 Å². The SMILES string of the molecule is O=C(O)c1ccc(Br)cc1SCc1cnc(Cl)s1. The highest BCUT2D eigenvalue weighted by Crippen LogP contribution is 2.31. The Bertz CT molecular complexity index is 588. The molecule has 3 nitrogen and oxygen atoms in total. The number of thioether (sulfide) groups is 1. The molecule has 0 bridgehead atoms. The number of carboxylic acids is 1. The molecule has 1 N–H and O–H groups in total. The summed E-state index contributed by atoms with van der Waals surface area (Å²) < 4.78 is 1.36. The number of nitrogens with zero attached hydrogens (tertiary/aromatic N) is 1. The van der Waals surface area contributed by atoms with Crippen LogP contribution in [0.5, 0.6) is 0 Å². The fourth-order valence-electron chi connectivity index (χ4n) is 1.29. The zero-order valence-corrected chi connectivity index (χ0v) is 12.9. The molecular weight excluding hydrogens is 358 g/mol. The van der Waals surface area contributed by atoms with Gasteiger partial charge in [-0.15, -0.1) is 23.1 Å². The molecule has 0 atom stereocenters. The number of halogens is 2. The van der Waals surface area contributed by atoms with Crippen molar-refractivity contribution in [2.24, 2.45) is 0 Å². The van der Waals surface area contributed by atoms with Gasteiger partial charge in [-0.2, -0.15) is 0 Å². The number of aromatic carboxylic acids is 1. The Hall–Kier alpha value is -0.560. The first kappa shape index (κ1) is 13.9. The topological polar surface area (TPSA) is 50.2 Å². The van der Waals surface area contributed by atoms with E-state index in [0.29, 0.717) is 15.8 Å². The molecule has 1 aromatic carbocycles. The summed E-state index contributed by atoms with van der Waals surface area (Å²) in [5.41, 5.74) is 0.304. The summed E-state index contributed by atoms with van der Waals surface area (Å²) in [6.07, 6.45) is 1.71. The van der Waals surface area contributed by atoms with E-state index in [9.17, 15) is 4.79 Å². The minimum absolute atomic E-state index is 0.304. The summed E-state index contributed by atoms with van der Waals surface area (Å²) in [6, 6.07) is 5.11. The zero-order chi connectivity index (χ0) is 13.1. The van der Waals surface area contributed by atoms with Gasteiger partial charge < -0.3 is 5.11 Å². The Morgan fingerprint density at radius 1 is 1.56 bits per heavy atom. The summed E-state index contributed by atoms with van der Waals surface area (Å²) >= 11 is 11.9. The van der Waals surface area contributed by atoms with E-state index in [0.717, 1.165) is 14.2 Å². The largest absolute Gasteiger partial charge is 0.478 e. The second kappa shape index (κ2) is 6.06. The van der Waals surface area contributed by atoms with Crippen LogP contribution in [0.4, 0.5) is 0 Å². The van der Waals surface area contributed by atoms with E-state index in [4.69, 9.17) is 16.7 Å². The smallest absolute Gasteiger partial charge is 0.336 e. The Morgan fingerprint density at radius 2 is 2.33 bits per heavy atom. The minimum atomic E-state index is -0.924. The molecule has 0 aliphatic heterocycles. The van der Waals surface area contributed by atoms with Crippen LogP contribution in [0.1, 0.15) is 15.2 Å². The quantitative estimate of drug-likeness (QED) is 0.809. The lowest BCUT2D eigenvalue weighted by molar-refractivity contribution is 0.0693. The molecule has 7 heteroatoms. The molecular formula is C11H7BrClNO2S2. The Balaban J connectivity index is 2.17. The van der Waals surface area contributed by atoms with E-state index >= 15 is 0 Å². The van der Waals surface area contributed by atoms with Crippen molar-refractivity contribution >= 4 is 56.6 Å². The first-order valence-electron chi connectivity index (χ1n) is 4.82. The summed E-state index contributed by atoms with van der Waals surface area (Å²) in [4.78, 5) is 16.8. The van der Waals surface area contributed by atoms with Gasteiger partial charge in [0.1, 0.15) is 0 Å². The average molecular weight is 365 g/mol. The van der Waals surface area contributed by atoms with E-state index in [2.05, 4.69) is 20.9 Å². The van der Waals surface area contributed by atoms with E-state index in [-0.39, 0.29) is 0 Å². The van der Waals surface area contributed by atoms with E-state index in [1.807, 2.05) is 0 Å². The number of benzene rings is 1. The molecule has 0 aliphatic rings. The predicted molar refractivity (Wildman–Crippen MR) is 77.8 cm³/mol. The number of hydrogen-bond donors (Lipinski definition) is 1. The Morgan fingerprint density at radius 3 is 2.94 bits per heavy atom. The third-order valence-electron chi connectivity index (χ3n) is 2.07. The van der Waals surface area contributed by atoms with Crippen molar-refractivity contribution in [3.8, 4) is 0 Å². The van der Waals surface area contributed by atoms with Crippen LogP contribution < -0.4 is 0 Å². The standard InChI is InChI=1S/C11H7BrClNO2S2/c12-6-1-2-8(10(15)16)9(3-6)17-5-7-4-14-11(13)18-7/h1-4H,5H2,(H,15,16). The van der Waals surface area contributed by atoms with Crippen molar-refractivity contribution < 1.29 is 9.90 Å². The van der Waals surface area contributed by atoms with Crippen LogP contribution in [0.3, 0.4) is 0 Å². The Kier molecular flexibility index (Phi) is 4.66. The monoisotopic (exact) mass is 363 g/mol. The van der Waals surface area contributed by atoms with Crippen LogP contribution in [0.15, 0.2) is 33.8 Å². The second-order valence-corrected chi connectivity index (χ2v) is 6.94. The van der Waals surface area contributed by atoms with Crippen LogP contribution >= 0.6 is 50.6 Å². The Labute approximate surface area is 125 Å². The molecule has 0 spiro atoms. The summed E-state index contributed by atoms with van der Waals surface area (Å²) in [6.45, 7) is 0. The molecule has 0 saturated heterocycles. The van der Waals surface area contributed by atoms with Gasteiger partial charge in [-0.05, 0) is 18.2 Å². The zero-order valence-electron chi connectivity index (χ0n) is 8.89. The summed E-state index contributed by atoms with van der Waals surface area (Å²) in [5, 5.41) is 9.10. The van der Waals surface area contributed by atoms with E-state index in [1.54, 1.807) is 24.4 Å². The molecule has 0 fully saturated rings. The fraction of sp³-hybridized carbons (Fsp3) is 0.0909. The number of rotatable bonds is 4. The third kappa shape index (κ3) is 3.47. The van der Waals surface area contributed by atoms with Gasteiger partial charge in [0, 0.05) is 26.2 Å². The second-order valence-electron chi connectivity index (χ2n) is 3.31. The van der Waals surface area contributed by atoms with Crippen LogP contribution in [-0.2, 0) is 5.75 Å². The van der Waals surface area contributed by atoms with Gasteiger partial charge in [0.25, 0.3) is 0 Å². The maximum Gasteiger partial charge on any atom is 0.336 e. The number of hydrogen-bond acceptors (Lipinski definition) is 4. The lowest BCUT2D eigenvalue weighted by atomic mass is 10.2. The van der Waals surface area contributed by atoms with E-state index < -0.39 is 5.97 Å². The van der Waals surface area contributed by atoms with Gasteiger partial charge >= 0.3 is 5.97 Å². The molecule has 18 heavy (non-hydrogen) atoms. The molecule has 0 radical (unpaired) electrons. The first-order chi connectivity index (χ1) is 8.56. The number of aromatic nitrogens is 1. The summed E-state index contributed by atoms with van der Waals surface area (Å²) in [7, 11) is 0. The molecule has 0 saturated carbocycles. The predicted octanol–water partition coefficient (Wildman–Crippen LogP) is 4.55. The molecule has 1 heterocycles. The highest BCUT2D eigenvalue weighted by Gasteiger charge is 2.11. The average Bonchev–Trinajstić information content (AvgIpc) is 2.72. The maximum absolute atomic E-state index is 11.1. The minimum Gasteiger partial charge on any atom is -0.478 e. The van der Waals surface area contributed by atoms with Crippen molar-refractivity contribution in [3.05, 3.63) is 43.8 Å². The van der Waals surface area contributed by atoms with Gasteiger partial charge in [0.2, 0.25) is 0 Å². The highest BCUT2D eigenvalue weighted by atomic mass is 79.9. The molecule has 0 amide bonds. The van der Waals surface area contributed by atoms with Crippen LogP contribution in [0.2, 0.25) is 4.47 Å². The van der Waals surface area contributed by atoms with Crippen molar-refractivity contribution in [3.63, 3.8) is 0 Å². The van der Waals surface area contributed by atoms with E-state index in [1.165, 1.54) is 23.1 Å². The maximum atomic E-state index is 11.1. The van der Waals surface area contributed by atoms with Gasteiger partial charge in [-0.3, -0.25) is 0 Å². The van der Waals surface area contributed by atoms with Crippen LogP contribution in [-0.4, -0.2) is 16.1 Å². The number of carboxylic acid groups (broad SMARTS) is 1. The van der Waals surface area contributed by atoms with Gasteiger partial charge in [-0.25, -0.2) is 9.78 Å². The molecule has 2 rings (SSSR count). The lowest BCUT2D eigenvalue weighted by Gasteiger charge is -2.05. The van der Waals surface area contributed by atoms with Crippen LogP contribution in [0, 0.1) is 0 Å². The first-order valence-corrected chi connectivity index (χ1v) is 7.79. The number of thiazole rings is 1. The number of carbonyl (C=O) groups is 1. The molecule has 1 aromatic heterocycles. The van der Waals surface area contributed by atoms with Gasteiger partial charge in [0.15, 0.2) is 4.47 Å². The molecule has 2 aromatic rings. The van der Waals surface area contributed by atoms with Gasteiger partial charge in [-0.1, -0.05) is 27.5 Å². The summed E-state index contributed by atoms with van der Waals surface area (Å²) in [5.74, 6) is -0.270. The normalized spacial score (nSPS) is 10.6. The van der Waals surface area contributed by atoms with Crippen molar-refractivity contribution in [2.45, 2.75) is 10.6 Å². The van der Waals surface area contributed by atoms with Crippen molar-refractivity contribution in [1.29, 1.82) is 0 Å². The fourth-order valence-corrected chi connectivity index (χ4v) is 3.88. The lowest BCUT2D eigenvalue weighted by Crippen LogP contribution is -1.98. The molecule has 0 aliphatic carbocycles. The highest BCUT2D eigenvalue weighted by molar-refractivity contribution is 9.10. The van der Waals surface area contributed by atoms with Crippen molar-refractivity contribution in [2.75, 3.05) is 0 Å². The molecule has 94 valence electrons. The third-order valence-corrected chi connectivity index (χ3v) is 4.96. The van der Waals surface area contributed by atoms with Crippen molar-refractivity contribution in [1.82, 2.24) is 4.98 Å². The molecule has 0 unspecified atom stereocenters. The van der Waals surface area contributed by atoms with Gasteiger partial charge in [0.05, 0.1) is 5.56 Å².